The molecule has 0 bridgehead atoms. The number of halogens is 3. The topological polar surface area (TPSA) is 34.1 Å². The molecule has 0 heterocycles. The Morgan fingerprint density at radius 2 is 1.86 bits per heavy atom. The minimum atomic E-state index is -4.30. The Morgan fingerprint density at radius 1 is 1.36 bits per heavy atom. The zero-order valence-corrected chi connectivity index (χ0v) is 8.33. The molecule has 0 aromatic rings. The van der Waals surface area contributed by atoms with Crippen LogP contribution in [0.4, 0.5) is 13.2 Å². The first-order valence-electron chi connectivity index (χ1n) is 3.67. The summed E-state index contributed by atoms with van der Waals surface area (Å²) in [6.45, 7) is 0.980. The van der Waals surface area contributed by atoms with Crippen molar-refractivity contribution >= 4 is 9.84 Å². The highest BCUT2D eigenvalue weighted by Gasteiger charge is 2.48. The van der Waals surface area contributed by atoms with E-state index >= 15 is 0 Å². The van der Waals surface area contributed by atoms with Gasteiger partial charge < -0.3 is 0 Å². The Morgan fingerprint density at radius 3 is 2.29 bits per heavy atom. The smallest absolute Gasteiger partial charge is 0.225 e. The van der Waals surface area contributed by atoms with Gasteiger partial charge in [0.15, 0.2) is 15.7 Å². The molecule has 0 aromatic carbocycles. The Labute approximate surface area is 80.0 Å². The molecule has 1 atom stereocenters. The maximum Gasteiger partial charge on any atom is 0.268 e. The predicted molar refractivity (Wildman–Crippen MR) is 46.0 cm³/mol. The van der Waals surface area contributed by atoms with Crippen LogP contribution in [0.3, 0.4) is 0 Å². The summed E-state index contributed by atoms with van der Waals surface area (Å²) in [4.78, 5) is 0. The van der Waals surface area contributed by atoms with Gasteiger partial charge in [0, 0.05) is 18.2 Å². The lowest BCUT2D eigenvalue weighted by Crippen LogP contribution is -2.36. The minimum absolute atomic E-state index is 0.361. The summed E-state index contributed by atoms with van der Waals surface area (Å²) in [6, 6.07) is 0. The number of alkyl halides is 1. The fraction of sp³-hybridized carbons (Fsp3) is 0.375. The van der Waals surface area contributed by atoms with Gasteiger partial charge in [-0.15, -0.1) is 0 Å². The van der Waals surface area contributed by atoms with Crippen LogP contribution >= 0.6 is 0 Å². The van der Waals surface area contributed by atoms with Crippen LogP contribution < -0.4 is 0 Å². The van der Waals surface area contributed by atoms with Crippen molar-refractivity contribution in [2.45, 2.75) is 11.9 Å². The van der Waals surface area contributed by atoms with Crippen molar-refractivity contribution in [1.82, 2.24) is 0 Å². The molecule has 1 rings (SSSR count). The van der Waals surface area contributed by atoms with Crippen molar-refractivity contribution in [3.8, 4) is 0 Å². The van der Waals surface area contributed by atoms with E-state index in [9.17, 15) is 21.6 Å². The summed E-state index contributed by atoms with van der Waals surface area (Å²) in [5, 5.41) is -3.23. The van der Waals surface area contributed by atoms with Crippen LogP contribution in [0, 0.1) is 6.42 Å². The van der Waals surface area contributed by atoms with Crippen LogP contribution in [-0.2, 0) is 9.84 Å². The molecule has 6 heteroatoms. The van der Waals surface area contributed by atoms with Crippen molar-refractivity contribution in [2.75, 3.05) is 6.26 Å². The summed E-state index contributed by atoms with van der Waals surface area (Å²) in [6.07, 6.45) is 1.52. The second-order valence-corrected chi connectivity index (χ2v) is 5.18. The van der Waals surface area contributed by atoms with Crippen LogP contribution in [0.15, 0.2) is 23.3 Å². The molecule has 0 N–H and O–H groups in total. The molecule has 1 radical (unpaired) electrons. The van der Waals surface area contributed by atoms with E-state index < -0.39 is 32.1 Å². The van der Waals surface area contributed by atoms with Crippen molar-refractivity contribution < 1.29 is 21.6 Å². The molecule has 2 nitrogen and oxygen atoms in total. The van der Waals surface area contributed by atoms with Gasteiger partial charge in [0.25, 0.3) is 5.00 Å². The van der Waals surface area contributed by atoms with Gasteiger partial charge in [0.1, 0.15) is 5.83 Å². The zero-order valence-electron chi connectivity index (χ0n) is 7.51. The van der Waals surface area contributed by atoms with E-state index in [1.165, 1.54) is 0 Å². The molecule has 0 spiro atoms. The van der Waals surface area contributed by atoms with Gasteiger partial charge in [-0.05, 0) is 13.0 Å². The predicted octanol–water partition coefficient (Wildman–Crippen LogP) is 2.01. The highest BCUT2D eigenvalue weighted by molar-refractivity contribution is 7.92. The second-order valence-electron chi connectivity index (χ2n) is 3.04. The van der Waals surface area contributed by atoms with E-state index in [1.54, 1.807) is 0 Å². The average Bonchev–Trinajstić information content (AvgIpc) is 2.06. The Hall–Kier alpha value is -0.780. The lowest BCUT2D eigenvalue weighted by molar-refractivity contribution is 0.301. The van der Waals surface area contributed by atoms with E-state index in [1.807, 2.05) is 0 Å². The highest BCUT2D eigenvalue weighted by atomic mass is 32.2. The van der Waals surface area contributed by atoms with Gasteiger partial charge in [-0.2, -0.15) is 0 Å². The third-order valence-electron chi connectivity index (χ3n) is 1.97. The first-order valence-corrected chi connectivity index (χ1v) is 5.56. The molecular weight excluding hydrogens is 217 g/mol. The van der Waals surface area contributed by atoms with Crippen LogP contribution in [0.5, 0.6) is 0 Å². The number of hydrogen-bond acceptors (Lipinski definition) is 2. The molecule has 1 unspecified atom stereocenters. The molecule has 1 aliphatic rings. The Kier molecular flexibility index (Phi) is 2.51. The Bertz CT molecular complexity index is 422. The summed E-state index contributed by atoms with van der Waals surface area (Å²) in [5.74, 6) is -2.58. The highest BCUT2D eigenvalue weighted by Crippen LogP contribution is 2.40. The molecule has 1 aliphatic carbocycles. The first-order chi connectivity index (χ1) is 6.20. The first kappa shape index (κ1) is 11.3. The molecule has 14 heavy (non-hydrogen) atoms. The number of allylic oxidation sites excluding steroid dienone is 3. The number of hydrogen-bond donors (Lipinski definition) is 0. The third kappa shape index (κ3) is 1.47. The largest absolute Gasteiger partial charge is 0.268 e. The SMILES string of the molecule is CC1=C(F)C(F)(S(C)(=O)=O)[CH]C=C1F. The van der Waals surface area contributed by atoms with Gasteiger partial charge >= 0.3 is 0 Å². The second kappa shape index (κ2) is 3.12. The molecule has 0 saturated heterocycles. The van der Waals surface area contributed by atoms with Crippen LogP contribution in [0.2, 0.25) is 0 Å². The van der Waals surface area contributed by atoms with Gasteiger partial charge in [-0.25, -0.2) is 21.6 Å². The minimum Gasteiger partial charge on any atom is -0.225 e. The van der Waals surface area contributed by atoms with E-state index in [2.05, 4.69) is 0 Å². The maximum absolute atomic E-state index is 13.6. The van der Waals surface area contributed by atoms with Crippen LogP contribution in [0.1, 0.15) is 6.92 Å². The lowest BCUT2D eigenvalue weighted by Gasteiger charge is -2.24. The number of rotatable bonds is 1. The van der Waals surface area contributed by atoms with Gasteiger partial charge in [-0.3, -0.25) is 0 Å². The van der Waals surface area contributed by atoms with Crippen LogP contribution in [0.25, 0.3) is 0 Å². The summed E-state index contributed by atoms with van der Waals surface area (Å²) >= 11 is 0. The number of sulfone groups is 1. The molecule has 0 saturated carbocycles. The van der Waals surface area contributed by atoms with Crippen molar-refractivity contribution in [3.05, 3.63) is 29.7 Å². The molecule has 0 amide bonds. The monoisotopic (exact) mass is 225 g/mol. The molecule has 0 fully saturated rings. The van der Waals surface area contributed by atoms with Crippen molar-refractivity contribution in [1.29, 1.82) is 0 Å². The fourth-order valence-corrected chi connectivity index (χ4v) is 1.82. The maximum atomic E-state index is 13.6. The normalized spacial score (nSPS) is 29.1. The fourth-order valence-electron chi connectivity index (χ4n) is 1.03. The molecular formula is C8H8F3O2S. The van der Waals surface area contributed by atoms with Gasteiger partial charge in [0.2, 0.25) is 0 Å². The summed E-state index contributed by atoms with van der Waals surface area (Å²) in [5.41, 5.74) is -0.625. The standard InChI is InChI=1S/C8H8F3O2S/c1-5-6(9)3-4-8(11,7(5)10)14(2,12)13/h3-4H,1-2H3. The van der Waals surface area contributed by atoms with Crippen molar-refractivity contribution in [3.63, 3.8) is 0 Å². The summed E-state index contributed by atoms with van der Waals surface area (Å²) in [7, 11) is -4.30. The van der Waals surface area contributed by atoms with E-state index in [-0.39, 0.29) is 0 Å². The van der Waals surface area contributed by atoms with Crippen molar-refractivity contribution in [2.24, 2.45) is 0 Å². The van der Waals surface area contributed by atoms with Gasteiger partial charge in [0.05, 0.1) is 0 Å². The molecule has 79 valence electrons. The van der Waals surface area contributed by atoms with E-state index in [4.69, 9.17) is 0 Å². The van der Waals surface area contributed by atoms with Crippen LogP contribution in [-0.4, -0.2) is 19.7 Å². The van der Waals surface area contributed by atoms with E-state index in [0.717, 1.165) is 6.92 Å². The van der Waals surface area contributed by atoms with Gasteiger partial charge in [-0.1, -0.05) is 0 Å². The average molecular weight is 225 g/mol. The lowest BCUT2D eigenvalue weighted by atomic mass is 10.0. The molecule has 0 aliphatic heterocycles. The zero-order chi connectivity index (χ0) is 11.1. The quantitative estimate of drug-likeness (QED) is 0.684. The summed E-state index contributed by atoms with van der Waals surface area (Å²) < 4.78 is 61.4. The molecule has 0 aromatic heterocycles. The van der Waals surface area contributed by atoms with E-state index in [0.29, 0.717) is 18.8 Å². The third-order valence-corrected chi connectivity index (χ3v) is 3.36. The Balaban J connectivity index is 3.36.